The van der Waals surface area contributed by atoms with Gasteiger partial charge in [0, 0.05) is 44.3 Å². The Morgan fingerprint density at radius 3 is 2.74 bits per heavy atom. The molecule has 0 aromatic heterocycles. The summed E-state index contributed by atoms with van der Waals surface area (Å²) in [5, 5.41) is 29.0. The number of hydrogen-bond acceptors (Lipinski definition) is 5. The minimum atomic E-state index is -2.92. The maximum Gasteiger partial charge on any atom is 0.134 e. The van der Waals surface area contributed by atoms with E-state index >= 15 is 0 Å². The summed E-state index contributed by atoms with van der Waals surface area (Å²) in [6, 6.07) is 9.81. The third-order valence-electron chi connectivity index (χ3n) is 4.25. The number of nitriles is 2. The number of aliphatic hydroxyl groups is 1. The summed E-state index contributed by atoms with van der Waals surface area (Å²) in [6.45, 7) is 0. The zero-order chi connectivity index (χ0) is 19.8. The second kappa shape index (κ2) is 6.99. The fourth-order valence-corrected chi connectivity index (χ4v) is 4.42. The molecule has 1 N–H and O–H groups in total. The standard InChI is InChI=1S/C19H14F2N2O3S/c1-27(25,5-4-22)17-3-2-16(14-9-15(21)19(24)18(14)17)26-13-7-11(10-23)6-12(20)8-13/h2-3,5-8,15,19,24H,9H2,1H3. The van der Waals surface area contributed by atoms with Crippen LogP contribution in [0.25, 0.3) is 0 Å². The molecule has 3 atom stereocenters. The van der Waals surface area contributed by atoms with Gasteiger partial charge in [-0.1, -0.05) is 0 Å². The number of benzene rings is 2. The largest absolute Gasteiger partial charge is 0.457 e. The predicted molar refractivity (Wildman–Crippen MR) is 95.2 cm³/mol. The highest BCUT2D eigenvalue weighted by Crippen LogP contribution is 2.43. The topological polar surface area (TPSA) is 94.1 Å². The maximum absolute atomic E-state index is 14.2. The van der Waals surface area contributed by atoms with Crippen LogP contribution in [0, 0.1) is 28.5 Å². The maximum atomic E-state index is 14.2. The molecule has 0 aliphatic heterocycles. The highest BCUT2D eigenvalue weighted by atomic mass is 32.2. The van der Waals surface area contributed by atoms with Crippen LogP contribution in [-0.4, -0.2) is 27.1 Å². The van der Waals surface area contributed by atoms with Crippen molar-refractivity contribution in [3.8, 4) is 23.6 Å². The minimum absolute atomic E-state index is 0.0408. The van der Waals surface area contributed by atoms with Crippen molar-refractivity contribution in [3.05, 3.63) is 52.8 Å². The molecular formula is C19H14F2N2O3S. The van der Waals surface area contributed by atoms with Crippen LogP contribution < -0.4 is 4.74 Å². The van der Waals surface area contributed by atoms with E-state index in [-0.39, 0.29) is 33.9 Å². The lowest BCUT2D eigenvalue weighted by Gasteiger charge is -2.16. The van der Waals surface area contributed by atoms with Gasteiger partial charge in [0.15, 0.2) is 0 Å². The Morgan fingerprint density at radius 2 is 2.07 bits per heavy atom. The Hall–Kier alpha value is -2.94. The minimum Gasteiger partial charge on any atom is -0.457 e. The lowest BCUT2D eigenvalue weighted by atomic mass is 10.1. The van der Waals surface area contributed by atoms with Gasteiger partial charge in [0.1, 0.15) is 35.7 Å². The van der Waals surface area contributed by atoms with E-state index in [1.165, 1.54) is 24.5 Å². The lowest BCUT2D eigenvalue weighted by molar-refractivity contribution is 0.0908. The zero-order valence-corrected chi connectivity index (χ0v) is 15.0. The summed E-state index contributed by atoms with van der Waals surface area (Å²) in [5.41, 5.74) is 0.481. The van der Waals surface area contributed by atoms with Crippen LogP contribution in [0.5, 0.6) is 11.5 Å². The van der Waals surface area contributed by atoms with Gasteiger partial charge in [0.25, 0.3) is 0 Å². The molecule has 2 aromatic rings. The molecule has 0 spiro atoms. The average Bonchev–Trinajstić information content (AvgIpc) is 2.90. The van der Waals surface area contributed by atoms with E-state index in [1.54, 1.807) is 6.07 Å². The van der Waals surface area contributed by atoms with Crippen molar-refractivity contribution in [2.75, 3.05) is 6.26 Å². The first-order chi connectivity index (χ1) is 12.8. The van der Waals surface area contributed by atoms with Gasteiger partial charge in [-0.2, -0.15) is 10.5 Å². The van der Waals surface area contributed by atoms with Gasteiger partial charge >= 0.3 is 0 Å². The van der Waals surface area contributed by atoms with Crippen molar-refractivity contribution in [2.45, 2.75) is 23.6 Å². The molecule has 3 unspecified atom stereocenters. The highest BCUT2D eigenvalue weighted by Gasteiger charge is 2.37. The summed E-state index contributed by atoms with van der Waals surface area (Å²) < 4.78 is 46.2. The van der Waals surface area contributed by atoms with Crippen LogP contribution in [0.15, 0.2) is 35.2 Å². The fraction of sp³-hybridized carbons (Fsp3) is 0.211. The zero-order valence-electron chi connectivity index (χ0n) is 14.1. The molecule has 0 amide bonds. The van der Waals surface area contributed by atoms with Gasteiger partial charge < -0.3 is 9.84 Å². The van der Waals surface area contributed by atoms with E-state index in [4.69, 9.17) is 15.3 Å². The molecule has 0 saturated carbocycles. The Kier molecular flexibility index (Phi) is 4.88. The molecule has 5 nitrogen and oxygen atoms in total. The number of rotatable bonds is 3. The van der Waals surface area contributed by atoms with Crippen LogP contribution >= 0.6 is 0 Å². The SMILES string of the molecule is CS(=O)(=CC#N)c1ccc(Oc2cc(F)cc(C#N)c2)c2c1C(O)C(F)C2. The molecule has 1 aliphatic carbocycles. The first kappa shape index (κ1) is 18.8. The summed E-state index contributed by atoms with van der Waals surface area (Å²) >= 11 is 0. The Bertz CT molecular complexity index is 1120. The molecule has 1 aliphatic rings. The van der Waals surface area contributed by atoms with Crippen molar-refractivity contribution < 1.29 is 22.8 Å². The second-order valence-electron chi connectivity index (χ2n) is 6.16. The average molecular weight is 388 g/mol. The molecule has 0 bridgehead atoms. The monoisotopic (exact) mass is 388 g/mol. The third kappa shape index (κ3) is 3.50. The van der Waals surface area contributed by atoms with Crippen LogP contribution in [0.2, 0.25) is 0 Å². The van der Waals surface area contributed by atoms with Crippen LogP contribution in [0.4, 0.5) is 8.78 Å². The Balaban J connectivity index is 2.15. The molecule has 0 saturated heterocycles. The highest BCUT2D eigenvalue weighted by molar-refractivity contribution is 8.01. The van der Waals surface area contributed by atoms with Crippen molar-refractivity contribution in [3.63, 3.8) is 0 Å². The van der Waals surface area contributed by atoms with E-state index < -0.39 is 27.6 Å². The van der Waals surface area contributed by atoms with Crippen LogP contribution in [0.1, 0.15) is 22.8 Å². The number of fused-ring (bicyclic) bond motifs is 1. The Labute approximate surface area is 155 Å². The molecule has 3 rings (SSSR count). The van der Waals surface area contributed by atoms with Gasteiger partial charge in [0.05, 0.1) is 17.0 Å². The quantitative estimate of drug-likeness (QED) is 0.816. The first-order valence-electron chi connectivity index (χ1n) is 7.85. The first-order valence-corrected chi connectivity index (χ1v) is 9.88. The van der Waals surface area contributed by atoms with E-state index in [9.17, 15) is 18.1 Å². The van der Waals surface area contributed by atoms with Crippen molar-refractivity contribution in [1.29, 1.82) is 10.5 Å². The summed E-state index contributed by atoms with van der Waals surface area (Å²) in [6.07, 6.45) is -1.98. The van der Waals surface area contributed by atoms with Gasteiger partial charge in [-0.15, -0.1) is 0 Å². The molecule has 0 radical (unpaired) electrons. The van der Waals surface area contributed by atoms with Crippen molar-refractivity contribution >= 4 is 14.9 Å². The number of nitrogens with zero attached hydrogens (tertiary/aromatic N) is 2. The lowest BCUT2D eigenvalue weighted by Crippen LogP contribution is -2.11. The number of hydrogen-bond donors (Lipinski definition) is 1. The van der Waals surface area contributed by atoms with Crippen LogP contribution in [-0.2, 0) is 15.9 Å². The fourth-order valence-electron chi connectivity index (χ4n) is 3.07. The third-order valence-corrected chi connectivity index (χ3v) is 6.04. The molecule has 0 fully saturated rings. The van der Waals surface area contributed by atoms with E-state index in [2.05, 4.69) is 0 Å². The predicted octanol–water partition coefficient (Wildman–Crippen LogP) is 3.02. The van der Waals surface area contributed by atoms with Crippen molar-refractivity contribution in [2.24, 2.45) is 0 Å². The van der Waals surface area contributed by atoms with Crippen LogP contribution in [0.3, 0.4) is 0 Å². The molecule has 2 aromatic carbocycles. The van der Waals surface area contributed by atoms with Gasteiger partial charge in [-0.25, -0.2) is 8.78 Å². The van der Waals surface area contributed by atoms with Gasteiger partial charge in [-0.05, 0) is 24.3 Å². The van der Waals surface area contributed by atoms with Crippen molar-refractivity contribution in [1.82, 2.24) is 0 Å². The van der Waals surface area contributed by atoms with E-state index in [0.717, 1.165) is 17.5 Å². The smallest absolute Gasteiger partial charge is 0.134 e. The number of aliphatic hydroxyl groups excluding tert-OH is 1. The normalized spacial score (nSPS) is 20.1. The number of ether oxygens (including phenoxy) is 1. The number of halogens is 2. The molecule has 8 heteroatoms. The molecule has 27 heavy (non-hydrogen) atoms. The molecule has 138 valence electrons. The summed E-state index contributed by atoms with van der Waals surface area (Å²) in [7, 11) is -2.92. The van der Waals surface area contributed by atoms with E-state index in [1.807, 2.05) is 6.07 Å². The van der Waals surface area contributed by atoms with Gasteiger partial charge in [0.2, 0.25) is 0 Å². The number of alkyl halides is 1. The summed E-state index contributed by atoms with van der Waals surface area (Å²) in [5.74, 6) is -0.463. The molecular weight excluding hydrogens is 374 g/mol. The van der Waals surface area contributed by atoms with E-state index in [0.29, 0.717) is 5.56 Å². The summed E-state index contributed by atoms with van der Waals surface area (Å²) in [4.78, 5) is 0.163. The second-order valence-corrected chi connectivity index (χ2v) is 8.64. The van der Waals surface area contributed by atoms with Gasteiger partial charge in [-0.3, -0.25) is 4.21 Å². The molecule has 0 heterocycles. The Morgan fingerprint density at radius 1 is 1.33 bits per heavy atom.